The summed E-state index contributed by atoms with van der Waals surface area (Å²) in [5, 5.41) is 0.780. The molecule has 0 aromatic heterocycles. The number of hydrogen-bond acceptors (Lipinski definition) is 1. The van der Waals surface area contributed by atoms with Gasteiger partial charge in [0.05, 0.1) is 5.60 Å². The molecule has 1 heterocycles. The van der Waals surface area contributed by atoms with Crippen LogP contribution in [0.2, 0.25) is 0 Å². The third-order valence-electron chi connectivity index (χ3n) is 3.59. The average molecular weight is 283 g/mol. The van der Waals surface area contributed by atoms with E-state index in [9.17, 15) is 8.78 Å². The van der Waals surface area contributed by atoms with Crippen molar-refractivity contribution in [3.8, 4) is 0 Å². The van der Waals surface area contributed by atoms with E-state index >= 15 is 0 Å². The van der Waals surface area contributed by atoms with Gasteiger partial charge in [-0.3, -0.25) is 0 Å². The molecule has 0 bridgehead atoms. The van der Waals surface area contributed by atoms with E-state index in [1.54, 1.807) is 0 Å². The first-order valence-corrected chi connectivity index (χ1v) is 6.75. The Morgan fingerprint density at radius 1 is 1.33 bits per heavy atom. The molecule has 0 amide bonds. The van der Waals surface area contributed by atoms with Gasteiger partial charge < -0.3 is 4.74 Å². The second kappa shape index (κ2) is 4.28. The summed E-state index contributed by atoms with van der Waals surface area (Å²) in [5.74, 6) is -2.27. The van der Waals surface area contributed by atoms with Crippen LogP contribution in [0, 0.1) is 5.92 Å². The highest BCUT2D eigenvalue weighted by atomic mass is 79.9. The highest BCUT2D eigenvalue weighted by molar-refractivity contribution is 9.09. The van der Waals surface area contributed by atoms with Crippen molar-refractivity contribution in [3.63, 3.8) is 0 Å². The fraction of sp³-hybridized carbons (Fsp3) is 1.00. The molecule has 0 spiro atoms. The molecule has 15 heavy (non-hydrogen) atoms. The lowest BCUT2D eigenvalue weighted by Gasteiger charge is -2.29. The van der Waals surface area contributed by atoms with Crippen LogP contribution in [-0.2, 0) is 4.74 Å². The first-order chi connectivity index (χ1) is 7.05. The number of halogens is 3. The van der Waals surface area contributed by atoms with Crippen LogP contribution in [0.25, 0.3) is 0 Å². The van der Waals surface area contributed by atoms with E-state index in [0.717, 1.165) is 31.2 Å². The highest BCUT2D eigenvalue weighted by Gasteiger charge is 2.44. The van der Waals surface area contributed by atoms with Gasteiger partial charge in [-0.15, -0.1) is 0 Å². The Balaban J connectivity index is 1.91. The van der Waals surface area contributed by atoms with Gasteiger partial charge in [0.2, 0.25) is 5.92 Å². The van der Waals surface area contributed by atoms with Crippen LogP contribution >= 0.6 is 15.9 Å². The van der Waals surface area contributed by atoms with Crippen molar-refractivity contribution >= 4 is 15.9 Å². The van der Waals surface area contributed by atoms with Crippen molar-refractivity contribution in [2.45, 2.75) is 50.0 Å². The minimum atomic E-state index is -2.42. The predicted octanol–water partition coefficient (Wildman–Crippen LogP) is 3.76. The third kappa shape index (κ3) is 2.70. The molecule has 2 aliphatic rings. The second-order valence-corrected chi connectivity index (χ2v) is 5.50. The van der Waals surface area contributed by atoms with Crippen LogP contribution in [0.15, 0.2) is 0 Å². The molecule has 1 aliphatic heterocycles. The van der Waals surface area contributed by atoms with Gasteiger partial charge in [-0.1, -0.05) is 15.9 Å². The zero-order valence-corrected chi connectivity index (χ0v) is 10.4. The molecule has 1 saturated heterocycles. The van der Waals surface area contributed by atoms with Gasteiger partial charge in [0.15, 0.2) is 0 Å². The Hall–Kier alpha value is 0.300. The Bertz CT molecular complexity index is 227. The lowest BCUT2D eigenvalue weighted by atomic mass is 9.88. The molecule has 0 N–H and O–H groups in total. The van der Waals surface area contributed by atoms with Crippen molar-refractivity contribution in [1.82, 2.24) is 0 Å². The van der Waals surface area contributed by atoms with E-state index in [-0.39, 0.29) is 24.4 Å². The number of ether oxygens (including phenoxy) is 1. The average Bonchev–Trinajstić information content (AvgIpc) is 2.75. The van der Waals surface area contributed by atoms with Crippen LogP contribution in [0.3, 0.4) is 0 Å². The Kier molecular flexibility index (Phi) is 3.36. The summed E-state index contributed by atoms with van der Waals surface area (Å²) in [6.45, 7) is 0.786. The maximum atomic E-state index is 13.0. The Morgan fingerprint density at radius 3 is 2.60 bits per heavy atom. The highest BCUT2D eigenvalue weighted by Crippen LogP contribution is 2.45. The van der Waals surface area contributed by atoms with Crippen LogP contribution in [0.5, 0.6) is 0 Å². The molecule has 2 unspecified atom stereocenters. The van der Waals surface area contributed by atoms with Crippen molar-refractivity contribution in [1.29, 1.82) is 0 Å². The molecule has 2 fully saturated rings. The van der Waals surface area contributed by atoms with E-state index in [2.05, 4.69) is 15.9 Å². The molecule has 1 aliphatic carbocycles. The lowest BCUT2D eigenvalue weighted by Crippen LogP contribution is -2.32. The number of hydrogen-bond donors (Lipinski definition) is 0. The van der Waals surface area contributed by atoms with Crippen LogP contribution in [0.4, 0.5) is 8.78 Å². The standard InChI is InChI=1S/C11H17BrF2O/c12-8-10(3-1-5-15-10)6-9-2-4-11(13,14)7-9/h9H,1-8H2. The molecule has 1 nitrogen and oxygen atoms in total. The van der Waals surface area contributed by atoms with Crippen LogP contribution in [0.1, 0.15) is 38.5 Å². The molecule has 2 rings (SSSR count). The summed E-state index contributed by atoms with van der Waals surface area (Å²) in [5.41, 5.74) is -0.148. The molecular formula is C11H17BrF2O. The normalized spacial score (nSPS) is 39.8. The molecule has 1 saturated carbocycles. The fourth-order valence-electron chi connectivity index (χ4n) is 2.82. The van der Waals surface area contributed by atoms with E-state index in [4.69, 9.17) is 4.74 Å². The molecule has 4 heteroatoms. The van der Waals surface area contributed by atoms with Gasteiger partial charge in [0.25, 0.3) is 0 Å². The second-order valence-electron chi connectivity index (χ2n) is 4.94. The first kappa shape index (κ1) is 11.8. The van der Waals surface area contributed by atoms with Crippen molar-refractivity contribution in [3.05, 3.63) is 0 Å². The maximum Gasteiger partial charge on any atom is 0.248 e. The first-order valence-electron chi connectivity index (χ1n) is 5.63. The monoisotopic (exact) mass is 282 g/mol. The summed E-state index contributed by atoms with van der Waals surface area (Å²) in [4.78, 5) is 0. The van der Waals surface area contributed by atoms with Crippen molar-refractivity contribution in [2.75, 3.05) is 11.9 Å². The quantitative estimate of drug-likeness (QED) is 0.717. The van der Waals surface area contributed by atoms with Crippen molar-refractivity contribution < 1.29 is 13.5 Å². The predicted molar refractivity (Wildman–Crippen MR) is 58.6 cm³/mol. The summed E-state index contributed by atoms with van der Waals surface area (Å²) >= 11 is 3.46. The molecule has 2 atom stereocenters. The van der Waals surface area contributed by atoms with E-state index in [1.165, 1.54) is 0 Å². The summed E-state index contributed by atoms with van der Waals surface area (Å²) in [6.07, 6.45) is 3.66. The molecular weight excluding hydrogens is 266 g/mol. The van der Waals surface area contributed by atoms with Gasteiger partial charge in [-0.2, -0.15) is 0 Å². The number of alkyl halides is 3. The number of rotatable bonds is 3. The summed E-state index contributed by atoms with van der Waals surface area (Å²) < 4.78 is 31.8. The smallest absolute Gasteiger partial charge is 0.248 e. The minimum absolute atomic E-state index is 0.0606. The molecule has 88 valence electrons. The van der Waals surface area contributed by atoms with Crippen LogP contribution in [-0.4, -0.2) is 23.5 Å². The van der Waals surface area contributed by atoms with E-state index in [0.29, 0.717) is 6.42 Å². The molecule has 0 radical (unpaired) electrons. The Morgan fingerprint density at radius 2 is 2.13 bits per heavy atom. The van der Waals surface area contributed by atoms with Gasteiger partial charge in [0, 0.05) is 24.8 Å². The molecule has 0 aromatic rings. The maximum absolute atomic E-state index is 13.0. The van der Waals surface area contributed by atoms with Gasteiger partial charge >= 0.3 is 0 Å². The fourth-order valence-corrected chi connectivity index (χ4v) is 3.49. The zero-order chi connectivity index (χ0) is 10.9. The van der Waals surface area contributed by atoms with Crippen LogP contribution < -0.4 is 0 Å². The zero-order valence-electron chi connectivity index (χ0n) is 8.78. The topological polar surface area (TPSA) is 9.23 Å². The summed E-state index contributed by atoms with van der Waals surface area (Å²) in [7, 11) is 0. The van der Waals surface area contributed by atoms with E-state index < -0.39 is 5.92 Å². The Labute approximate surface area is 97.7 Å². The van der Waals surface area contributed by atoms with Crippen molar-refractivity contribution in [2.24, 2.45) is 5.92 Å². The van der Waals surface area contributed by atoms with Gasteiger partial charge in [-0.25, -0.2) is 8.78 Å². The minimum Gasteiger partial charge on any atom is -0.374 e. The summed E-state index contributed by atoms with van der Waals surface area (Å²) in [6, 6.07) is 0. The van der Waals surface area contributed by atoms with Gasteiger partial charge in [0.1, 0.15) is 0 Å². The largest absolute Gasteiger partial charge is 0.374 e. The van der Waals surface area contributed by atoms with Gasteiger partial charge in [-0.05, 0) is 31.6 Å². The lowest BCUT2D eigenvalue weighted by molar-refractivity contribution is -0.0133. The SMILES string of the molecule is FC1(F)CCC(CC2(CBr)CCCO2)C1. The van der Waals surface area contributed by atoms with E-state index in [1.807, 2.05) is 0 Å². The molecule has 0 aromatic carbocycles. The third-order valence-corrected chi connectivity index (χ3v) is 4.62.